The molecule has 1 aromatic carbocycles. The second-order valence-corrected chi connectivity index (χ2v) is 5.27. The van der Waals surface area contributed by atoms with E-state index in [4.69, 9.17) is 5.84 Å². The van der Waals surface area contributed by atoms with Crippen molar-refractivity contribution in [3.05, 3.63) is 33.9 Å². The molecule has 0 atom stereocenters. The van der Waals surface area contributed by atoms with E-state index in [1.807, 2.05) is 6.92 Å². The standard InChI is InChI=1S/C14H20N4O3/c1-2-17(9-10-4-3-5-10)14(19)12-8-11(16-15)6-7-13(12)18(20)21/h6-8,10,16H,2-5,9,15H2,1H3. The molecule has 21 heavy (non-hydrogen) atoms. The van der Waals surface area contributed by atoms with E-state index in [0.717, 1.165) is 12.8 Å². The van der Waals surface area contributed by atoms with Gasteiger partial charge in [0.15, 0.2) is 0 Å². The zero-order valence-electron chi connectivity index (χ0n) is 12.0. The van der Waals surface area contributed by atoms with Crippen LogP contribution in [0.3, 0.4) is 0 Å². The van der Waals surface area contributed by atoms with Gasteiger partial charge in [-0.05, 0) is 37.8 Å². The lowest BCUT2D eigenvalue weighted by molar-refractivity contribution is -0.385. The molecule has 0 heterocycles. The molecule has 114 valence electrons. The first-order valence-corrected chi connectivity index (χ1v) is 7.11. The summed E-state index contributed by atoms with van der Waals surface area (Å²) in [5.41, 5.74) is 2.78. The maximum Gasteiger partial charge on any atom is 0.282 e. The number of nitrogens with zero attached hydrogens (tertiary/aromatic N) is 2. The molecule has 1 aromatic rings. The predicted octanol–water partition coefficient (Wildman–Crippen LogP) is 2.14. The summed E-state index contributed by atoms with van der Waals surface area (Å²) in [5, 5.41) is 11.1. The Morgan fingerprint density at radius 2 is 2.24 bits per heavy atom. The minimum atomic E-state index is -0.537. The van der Waals surface area contributed by atoms with Gasteiger partial charge in [0.1, 0.15) is 5.56 Å². The van der Waals surface area contributed by atoms with Gasteiger partial charge in [-0.1, -0.05) is 6.42 Å². The number of hydrogen-bond donors (Lipinski definition) is 2. The third-order valence-electron chi connectivity index (χ3n) is 3.96. The third-order valence-corrected chi connectivity index (χ3v) is 3.96. The van der Waals surface area contributed by atoms with Crippen LogP contribution in [0.5, 0.6) is 0 Å². The van der Waals surface area contributed by atoms with Crippen molar-refractivity contribution in [2.75, 3.05) is 18.5 Å². The fourth-order valence-corrected chi connectivity index (χ4v) is 2.47. The number of benzene rings is 1. The smallest absolute Gasteiger partial charge is 0.282 e. The lowest BCUT2D eigenvalue weighted by Crippen LogP contribution is -2.37. The van der Waals surface area contributed by atoms with E-state index >= 15 is 0 Å². The fourth-order valence-electron chi connectivity index (χ4n) is 2.47. The number of amides is 1. The Kier molecular flexibility index (Phi) is 4.74. The van der Waals surface area contributed by atoms with Crippen molar-refractivity contribution >= 4 is 17.3 Å². The van der Waals surface area contributed by atoms with Crippen LogP contribution >= 0.6 is 0 Å². The summed E-state index contributed by atoms with van der Waals surface area (Å²) in [6.45, 7) is 3.08. The molecule has 2 rings (SSSR count). The molecule has 1 saturated carbocycles. The number of nitro groups is 1. The zero-order chi connectivity index (χ0) is 15.4. The van der Waals surface area contributed by atoms with E-state index in [9.17, 15) is 14.9 Å². The average Bonchev–Trinajstić information content (AvgIpc) is 2.45. The number of carbonyl (C=O) groups is 1. The summed E-state index contributed by atoms with van der Waals surface area (Å²) in [7, 11) is 0. The molecule has 7 nitrogen and oxygen atoms in total. The summed E-state index contributed by atoms with van der Waals surface area (Å²) < 4.78 is 0. The number of rotatable bonds is 6. The second-order valence-electron chi connectivity index (χ2n) is 5.27. The van der Waals surface area contributed by atoms with Crippen LogP contribution in [0.2, 0.25) is 0 Å². The van der Waals surface area contributed by atoms with Crippen molar-refractivity contribution in [3.8, 4) is 0 Å². The monoisotopic (exact) mass is 292 g/mol. The van der Waals surface area contributed by atoms with Gasteiger partial charge in [-0.15, -0.1) is 0 Å². The van der Waals surface area contributed by atoms with Gasteiger partial charge in [0, 0.05) is 24.8 Å². The van der Waals surface area contributed by atoms with Crippen LogP contribution < -0.4 is 11.3 Å². The zero-order valence-corrected chi connectivity index (χ0v) is 12.0. The van der Waals surface area contributed by atoms with Gasteiger partial charge in [-0.25, -0.2) is 0 Å². The summed E-state index contributed by atoms with van der Waals surface area (Å²) in [6.07, 6.45) is 3.44. The molecule has 0 bridgehead atoms. The van der Waals surface area contributed by atoms with Gasteiger partial charge in [0.05, 0.1) is 4.92 Å². The molecular formula is C14H20N4O3. The molecule has 1 aliphatic rings. The number of nitrogens with two attached hydrogens (primary N) is 1. The van der Waals surface area contributed by atoms with Gasteiger partial charge < -0.3 is 10.3 Å². The Bertz CT molecular complexity index is 543. The molecule has 7 heteroatoms. The predicted molar refractivity (Wildman–Crippen MR) is 79.8 cm³/mol. The van der Waals surface area contributed by atoms with Crippen LogP contribution in [0.25, 0.3) is 0 Å². The van der Waals surface area contributed by atoms with Crippen molar-refractivity contribution in [2.24, 2.45) is 11.8 Å². The minimum Gasteiger partial charge on any atom is -0.338 e. The molecule has 0 aliphatic heterocycles. The first kappa shape index (κ1) is 15.2. The molecule has 1 fully saturated rings. The van der Waals surface area contributed by atoms with Gasteiger partial charge in [-0.3, -0.25) is 20.8 Å². The van der Waals surface area contributed by atoms with E-state index in [2.05, 4.69) is 5.43 Å². The number of nitrogens with one attached hydrogen (secondary N) is 1. The topological polar surface area (TPSA) is 102 Å². The van der Waals surface area contributed by atoms with Crippen LogP contribution in [0.4, 0.5) is 11.4 Å². The Balaban J connectivity index is 2.28. The quantitative estimate of drug-likeness (QED) is 0.475. The van der Waals surface area contributed by atoms with Crippen molar-refractivity contribution < 1.29 is 9.72 Å². The van der Waals surface area contributed by atoms with Crippen LogP contribution in [-0.4, -0.2) is 28.8 Å². The van der Waals surface area contributed by atoms with E-state index < -0.39 is 4.92 Å². The Hall–Kier alpha value is -2.15. The molecule has 0 radical (unpaired) electrons. The summed E-state index contributed by atoms with van der Waals surface area (Å²) in [4.78, 5) is 24.8. The van der Waals surface area contributed by atoms with Crippen LogP contribution in [0.15, 0.2) is 18.2 Å². The molecular weight excluding hydrogens is 272 g/mol. The van der Waals surface area contributed by atoms with Gasteiger partial charge in [0.2, 0.25) is 0 Å². The van der Waals surface area contributed by atoms with E-state index in [-0.39, 0.29) is 17.2 Å². The number of hydrogen-bond acceptors (Lipinski definition) is 5. The minimum absolute atomic E-state index is 0.0802. The molecule has 0 saturated heterocycles. The normalized spacial score (nSPS) is 14.4. The maximum atomic E-state index is 12.6. The van der Waals surface area contributed by atoms with Crippen LogP contribution in [-0.2, 0) is 0 Å². The lowest BCUT2D eigenvalue weighted by Gasteiger charge is -2.31. The van der Waals surface area contributed by atoms with Gasteiger partial charge in [-0.2, -0.15) is 0 Å². The van der Waals surface area contributed by atoms with Gasteiger partial charge in [0.25, 0.3) is 11.6 Å². The van der Waals surface area contributed by atoms with Crippen LogP contribution in [0.1, 0.15) is 36.5 Å². The molecule has 3 N–H and O–H groups in total. The summed E-state index contributed by atoms with van der Waals surface area (Å²) in [6, 6.07) is 4.22. The van der Waals surface area contributed by atoms with E-state index in [1.54, 1.807) is 4.90 Å². The lowest BCUT2D eigenvalue weighted by atomic mass is 9.85. The van der Waals surface area contributed by atoms with Crippen molar-refractivity contribution in [3.63, 3.8) is 0 Å². The molecule has 1 aliphatic carbocycles. The number of carbonyl (C=O) groups excluding carboxylic acids is 1. The Morgan fingerprint density at radius 3 is 2.71 bits per heavy atom. The van der Waals surface area contributed by atoms with Crippen molar-refractivity contribution in [1.82, 2.24) is 4.90 Å². The SMILES string of the molecule is CCN(CC1CCC1)C(=O)c1cc(NN)ccc1[N+](=O)[O-]. The summed E-state index contributed by atoms with van der Waals surface area (Å²) in [5.74, 6) is 5.53. The highest BCUT2D eigenvalue weighted by atomic mass is 16.6. The highest BCUT2D eigenvalue weighted by Gasteiger charge is 2.27. The first-order chi connectivity index (χ1) is 10.1. The molecule has 1 amide bonds. The molecule has 0 unspecified atom stereocenters. The van der Waals surface area contributed by atoms with E-state index in [1.165, 1.54) is 24.6 Å². The fraction of sp³-hybridized carbons (Fsp3) is 0.500. The second kappa shape index (κ2) is 6.53. The highest BCUT2D eigenvalue weighted by Crippen LogP contribution is 2.29. The van der Waals surface area contributed by atoms with E-state index in [0.29, 0.717) is 24.7 Å². The van der Waals surface area contributed by atoms with Gasteiger partial charge >= 0.3 is 0 Å². The number of hydrazine groups is 1. The molecule has 0 spiro atoms. The summed E-state index contributed by atoms with van der Waals surface area (Å²) >= 11 is 0. The third kappa shape index (κ3) is 3.30. The number of anilines is 1. The molecule has 0 aromatic heterocycles. The highest BCUT2D eigenvalue weighted by molar-refractivity contribution is 5.99. The average molecular weight is 292 g/mol. The van der Waals surface area contributed by atoms with Crippen molar-refractivity contribution in [2.45, 2.75) is 26.2 Å². The largest absolute Gasteiger partial charge is 0.338 e. The number of nitrogen functional groups attached to an aromatic ring is 1. The first-order valence-electron chi connectivity index (χ1n) is 7.11. The number of nitro benzene ring substituents is 1. The van der Waals surface area contributed by atoms with Crippen LogP contribution in [0, 0.1) is 16.0 Å². The Morgan fingerprint density at radius 1 is 1.52 bits per heavy atom. The Labute approximate surface area is 123 Å². The maximum absolute atomic E-state index is 12.6. The van der Waals surface area contributed by atoms with Crippen molar-refractivity contribution in [1.29, 1.82) is 0 Å².